The van der Waals surface area contributed by atoms with Crippen molar-refractivity contribution in [3.63, 3.8) is 0 Å². The van der Waals surface area contributed by atoms with E-state index < -0.39 is 35.1 Å². The van der Waals surface area contributed by atoms with Crippen LogP contribution in [0.4, 0.5) is 8.78 Å². The van der Waals surface area contributed by atoms with Gasteiger partial charge in [-0.2, -0.15) is 0 Å². The van der Waals surface area contributed by atoms with Crippen molar-refractivity contribution in [2.75, 3.05) is 0 Å². The molecule has 0 aromatic carbocycles. The summed E-state index contributed by atoms with van der Waals surface area (Å²) in [5.41, 5.74) is 0. The second kappa shape index (κ2) is 1.98. The minimum absolute atomic E-state index is 0.434. The summed E-state index contributed by atoms with van der Waals surface area (Å²) in [6.45, 7) is 0. The maximum absolute atomic E-state index is 11.9. The summed E-state index contributed by atoms with van der Waals surface area (Å²) < 4.78 is 42.1. The number of alkyl halides is 2. The number of hydrogen-bond donors (Lipinski definition) is 1. The fraction of sp³-hybridized carbons (Fsp3) is 1.00. The van der Waals surface area contributed by atoms with Crippen molar-refractivity contribution in [1.82, 2.24) is 0 Å². The molecule has 0 radical (unpaired) electrons. The van der Waals surface area contributed by atoms with Crippen LogP contribution in [0.3, 0.4) is 0 Å². The Bertz CT molecular complexity index is 140. The van der Waals surface area contributed by atoms with Gasteiger partial charge in [0.1, 0.15) is 0 Å². The average Bonchev–Trinajstić information content (AvgIpc) is 1.59. The average molecular weight is 156 g/mol. The van der Waals surface area contributed by atoms with Gasteiger partial charge < -0.3 is 4.55 Å². The monoisotopic (exact) mass is 156 g/mol. The topological polar surface area (TPSA) is 37.3 Å². The lowest BCUT2D eigenvalue weighted by Gasteiger charge is -2.31. The SMILES string of the molecule is O=S(O)C1CC(F)(F)C1. The lowest BCUT2D eigenvalue weighted by Crippen LogP contribution is -2.41. The predicted molar refractivity (Wildman–Crippen MR) is 28.7 cm³/mol. The van der Waals surface area contributed by atoms with E-state index >= 15 is 0 Å². The number of rotatable bonds is 1. The summed E-state index contributed by atoms with van der Waals surface area (Å²) in [5.74, 6) is -2.68. The minimum Gasteiger partial charge on any atom is -0.306 e. The van der Waals surface area contributed by atoms with E-state index in [4.69, 9.17) is 4.55 Å². The van der Waals surface area contributed by atoms with Crippen LogP contribution in [0.15, 0.2) is 0 Å². The molecule has 1 rings (SSSR count). The van der Waals surface area contributed by atoms with Crippen molar-refractivity contribution in [3.8, 4) is 0 Å². The summed E-state index contributed by atoms with van der Waals surface area (Å²) >= 11 is -2.05. The third kappa shape index (κ3) is 1.46. The van der Waals surface area contributed by atoms with Gasteiger partial charge in [-0.1, -0.05) is 0 Å². The van der Waals surface area contributed by atoms with E-state index in [1.165, 1.54) is 0 Å². The Morgan fingerprint density at radius 1 is 1.56 bits per heavy atom. The van der Waals surface area contributed by atoms with Crippen LogP contribution >= 0.6 is 0 Å². The molecule has 0 saturated heterocycles. The number of halogens is 2. The molecule has 0 heterocycles. The van der Waals surface area contributed by atoms with Gasteiger partial charge in [0.15, 0.2) is 11.1 Å². The molecule has 9 heavy (non-hydrogen) atoms. The first-order chi connectivity index (χ1) is 4.01. The van der Waals surface area contributed by atoms with E-state index in [0.29, 0.717) is 0 Å². The summed E-state index contributed by atoms with van der Waals surface area (Å²) in [7, 11) is 0. The third-order valence-corrected chi connectivity index (χ3v) is 2.24. The molecule has 1 unspecified atom stereocenters. The lowest BCUT2D eigenvalue weighted by atomic mass is 9.94. The Hall–Kier alpha value is -0.0300. The van der Waals surface area contributed by atoms with Crippen LogP contribution in [0.5, 0.6) is 0 Å². The van der Waals surface area contributed by atoms with Gasteiger partial charge in [0, 0.05) is 12.8 Å². The molecule has 0 aliphatic heterocycles. The second-order valence-corrected chi connectivity index (χ2v) is 3.38. The van der Waals surface area contributed by atoms with Crippen molar-refractivity contribution >= 4 is 11.1 Å². The molecule has 2 nitrogen and oxygen atoms in total. The highest BCUT2D eigenvalue weighted by atomic mass is 32.2. The van der Waals surface area contributed by atoms with E-state index in [1.807, 2.05) is 0 Å². The molecule has 0 amide bonds. The molecule has 0 aromatic heterocycles. The molecule has 1 aliphatic carbocycles. The predicted octanol–water partition coefficient (Wildman–Crippen LogP) is 1.01. The zero-order chi connectivity index (χ0) is 7.07. The van der Waals surface area contributed by atoms with Crippen LogP contribution in [0.25, 0.3) is 0 Å². The molecular weight excluding hydrogens is 150 g/mol. The van der Waals surface area contributed by atoms with Crippen LogP contribution in [0, 0.1) is 0 Å². The Labute approximate surface area is 53.5 Å². The summed E-state index contributed by atoms with van der Waals surface area (Å²) in [6.07, 6.45) is -0.869. The maximum atomic E-state index is 11.9. The van der Waals surface area contributed by atoms with Gasteiger partial charge in [-0.05, 0) is 0 Å². The molecule has 0 bridgehead atoms. The van der Waals surface area contributed by atoms with Crippen molar-refractivity contribution in [2.24, 2.45) is 0 Å². The molecule has 0 aromatic rings. The summed E-state index contributed by atoms with van der Waals surface area (Å²) in [5, 5.41) is -0.694. The van der Waals surface area contributed by atoms with E-state index in [2.05, 4.69) is 0 Å². The quantitative estimate of drug-likeness (QED) is 0.575. The van der Waals surface area contributed by atoms with Gasteiger partial charge in [0.25, 0.3) is 5.92 Å². The normalized spacial score (nSPS) is 29.2. The van der Waals surface area contributed by atoms with Crippen molar-refractivity contribution < 1.29 is 17.5 Å². The lowest BCUT2D eigenvalue weighted by molar-refractivity contribution is -0.0687. The van der Waals surface area contributed by atoms with E-state index in [9.17, 15) is 13.0 Å². The highest BCUT2D eigenvalue weighted by Crippen LogP contribution is 2.39. The van der Waals surface area contributed by atoms with Crippen LogP contribution in [-0.4, -0.2) is 19.9 Å². The van der Waals surface area contributed by atoms with Gasteiger partial charge in [-0.15, -0.1) is 0 Å². The number of hydrogen-bond acceptors (Lipinski definition) is 1. The fourth-order valence-electron chi connectivity index (χ4n) is 0.749. The fourth-order valence-corrected chi connectivity index (χ4v) is 1.52. The van der Waals surface area contributed by atoms with Gasteiger partial charge in [-0.3, -0.25) is 0 Å². The standard InChI is InChI=1S/C4H6F2O2S/c5-4(6)1-3(2-4)9(7)8/h3H,1-2H2,(H,7,8). The summed E-state index contributed by atoms with van der Waals surface area (Å²) in [6, 6.07) is 0. The third-order valence-electron chi connectivity index (χ3n) is 1.34. The first-order valence-corrected chi connectivity index (χ1v) is 3.66. The highest BCUT2D eigenvalue weighted by Gasteiger charge is 2.48. The van der Waals surface area contributed by atoms with Crippen LogP contribution in [0.1, 0.15) is 12.8 Å². The molecule has 1 fully saturated rings. The molecule has 0 spiro atoms. The molecular formula is C4H6F2O2S. The molecule has 1 atom stereocenters. The Balaban J connectivity index is 2.35. The van der Waals surface area contributed by atoms with Crippen molar-refractivity contribution in [2.45, 2.75) is 24.0 Å². The summed E-state index contributed by atoms with van der Waals surface area (Å²) in [4.78, 5) is 0. The van der Waals surface area contributed by atoms with E-state index in [-0.39, 0.29) is 0 Å². The Morgan fingerprint density at radius 3 is 2.11 bits per heavy atom. The zero-order valence-corrected chi connectivity index (χ0v) is 5.33. The van der Waals surface area contributed by atoms with Crippen molar-refractivity contribution in [3.05, 3.63) is 0 Å². The Morgan fingerprint density at radius 2 is 2.00 bits per heavy atom. The van der Waals surface area contributed by atoms with E-state index in [1.54, 1.807) is 0 Å². The molecule has 5 heteroatoms. The molecule has 54 valence electrons. The molecule has 1 N–H and O–H groups in total. The first kappa shape index (κ1) is 7.08. The van der Waals surface area contributed by atoms with Crippen LogP contribution in [-0.2, 0) is 11.1 Å². The van der Waals surface area contributed by atoms with Gasteiger partial charge in [0.2, 0.25) is 0 Å². The zero-order valence-electron chi connectivity index (χ0n) is 4.51. The second-order valence-electron chi connectivity index (χ2n) is 2.16. The minimum atomic E-state index is -2.68. The highest BCUT2D eigenvalue weighted by molar-refractivity contribution is 7.80. The van der Waals surface area contributed by atoms with Crippen LogP contribution < -0.4 is 0 Å². The maximum Gasteiger partial charge on any atom is 0.250 e. The Kier molecular flexibility index (Phi) is 1.56. The first-order valence-electron chi connectivity index (χ1n) is 2.49. The van der Waals surface area contributed by atoms with Gasteiger partial charge in [-0.25, -0.2) is 13.0 Å². The van der Waals surface area contributed by atoms with Crippen LogP contribution in [0.2, 0.25) is 0 Å². The molecule has 1 aliphatic rings. The smallest absolute Gasteiger partial charge is 0.250 e. The van der Waals surface area contributed by atoms with Gasteiger partial charge >= 0.3 is 0 Å². The van der Waals surface area contributed by atoms with Gasteiger partial charge in [0.05, 0.1) is 5.25 Å². The molecule has 1 saturated carbocycles. The van der Waals surface area contributed by atoms with E-state index in [0.717, 1.165) is 0 Å². The largest absolute Gasteiger partial charge is 0.306 e. The van der Waals surface area contributed by atoms with Crippen molar-refractivity contribution in [1.29, 1.82) is 0 Å².